The molecule has 0 atom stereocenters. The molecule has 1 aromatic carbocycles. The van der Waals surface area contributed by atoms with Gasteiger partial charge in [0.15, 0.2) is 0 Å². The number of rotatable bonds is 3. The molecular formula is C15H15N3S. The fraction of sp³-hybridized carbons (Fsp3) is 0.333. The molecule has 0 saturated carbocycles. The van der Waals surface area contributed by atoms with E-state index in [2.05, 4.69) is 46.3 Å². The second kappa shape index (κ2) is 5.52. The molecule has 1 aliphatic rings. The van der Waals surface area contributed by atoms with Gasteiger partial charge in [0.2, 0.25) is 0 Å². The van der Waals surface area contributed by atoms with Gasteiger partial charge in [-0.1, -0.05) is 30.3 Å². The van der Waals surface area contributed by atoms with E-state index in [1.54, 1.807) is 11.3 Å². The SMILES string of the molecule is N#CCc1nc2c(s1)CN(Cc1ccccc1)CC2. The van der Waals surface area contributed by atoms with Gasteiger partial charge in [0, 0.05) is 30.9 Å². The molecule has 2 heterocycles. The van der Waals surface area contributed by atoms with Crippen molar-refractivity contribution in [3.63, 3.8) is 0 Å². The van der Waals surface area contributed by atoms with Crippen molar-refractivity contribution >= 4 is 11.3 Å². The number of fused-ring (bicyclic) bond motifs is 1. The van der Waals surface area contributed by atoms with Crippen molar-refractivity contribution in [3.05, 3.63) is 51.5 Å². The zero-order chi connectivity index (χ0) is 13.1. The molecule has 2 aromatic rings. The fourth-order valence-electron chi connectivity index (χ4n) is 2.42. The van der Waals surface area contributed by atoms with Crippen LogP contribution in [0.3, 0.4) is 0 Å². The molecule has 0 fully saturated rings. The Morgan fingerprint density at radius 2 is 2.16 bits per heavy atom. The van der Waals surface area contributed by atoms with Crippen LogP contribution in [0, 0.1) is 11.3 Å². The first kappa shape index (κ1) is 12.3. The Balaban J connectivity index is 1.70. The maximum atomic E-state index is 8.73. The van der Waals surface area contributed by atoms with Gasteiger partial charge in [0.05, 0.1) is 18.2 Å². The van der Waals surface area contributed by atoms with Crippen molar-refractivity contribution in [2.24, 2.45) is 0 Å². The smallest absolute Gasteiger partial charge is 0.107 e. The lowest BCUT2D eigenvalue weighted by Crippen LogP contribution is -2.29. The highest BCUT2D eigenvalue weighted by atomic mass is 32.1. The van der Waals surface area contributed by atoms with Crippen molar-refractivity contribution < 1.29 is 0 Å². The van der Waals surface area contributed by atoms with Crippen molar-refractivity contribution in [1.82, 2.24) is 9.88 Å². The van der Waals surface area contributed by atoms with Crippen LogP contribution in [0.4, 0.5) is 0 Å². The van der Waals surface area contributed by atoms with Crippen molar-refractivity contribution in [2.45, 2.75) is 25.9 Å². The molecular weight excluding hydrogens is 254 g/mol. The molecule has 0 aliphatic carbocycles. The van der Waals surface area contributed by atoms with Crippen LogP contribution in [0.25, 0.3) is 0 Å². The van der Waals surface area contributed by atoms with Crippen molar-refractivity contribution in [2.75, 3.05) is 6.54 Å². The minimum atomic E-state index is 0.441. The summed E-state index contributed by atoms with van der Waals surface area (Å²) in [6, 6.07) is 12.7. The summed E-state index contributed by atoms with van der Waals surface area (Å²) in [6.45, 7) is 3.01. The van der Waals surface area contributed by atoms with E-state index in [4.69, 9.17) is 5.26 Å². The molecule has 0 N–H and O–H groups in total. The molecule has 1 aliphatic heterocycles. The molecule has 19 heavy (non-hydrogen) atoms. The monoisotopic (exact) mass is 269 g/mol. The number of hydrogen-bond donors (Lipinski definition) is 0. The Morgan fingerprint density at radius 3 is 2.95 bits per heavy atom. The number of benzene rings is 1. The van der Waals surface area contributed by atoms with Crippen molar-refractivity contribution in [3.8, 4) is 6.07 Å². The average Bonchev–Trinajstić information content (AvgIpc) is 2.82. The van der Waals surface area contributed by atoms with Gasteiger partial charge in [-0.05, 0) is 5.56 Å². The van der Waals surface area contributed by atoms with E-state index < -0.39 is 0 Å². The van der Waals surface area contributed by atoms with Gasteiger partial charge >= 0.3 is 0 Å². The molecule has 0 bridgehead atoms. The lowest BCUT2D eigenvalue weighted by atomic mass is 10.1. The molecule has 1 aromatic heterocycles. The van der Waals surface area contributed by atoms with E-state index >= 15 is 0 Å². The standard InChI is InChI=1S/C15H15N3S/c16-8-6-15-17-13-7-9-18(11-14(13)19-15)10-12-4-2-1-3-5-12/h1-5H,6-7,9-11H2. The fourth-order valence-corrected chi connectivity index (χ4v) is 3.51. The Hall–Kier alpha value is -1.70. The molecule has 0 spiro atoms. The molecule has 3 rings (SSSR count). The summed E-state index contributed by atoms with van der Waals surface area (Å²) in [5.41, 5.74) is 2.56. The zero-order valence-electron chi connectivity index (χ0n) is 10.7. The molecule has 4 heteroatoms. The lowest BCUT2D eigenvalue weighted by molar-refractivity contribution is 0.247. The molecule has 0 unspecified atom stereocenters. The summed E-state index contributed by atoms with van der Waals surface area (Å²) >= 11 is 1.70. The molecule has 3 nitrogen and oxygen atoms in total. The molecule has 0 amide bonds. The van der Waals surface area contributed by atoms with Gasteiger partial charge < -0.3 is 0 Å². The normalized spacial score (nSPS) is 14.9. The molecule has 0 radical (unpaired) electrons. The van der Waals surface area contributed by atoms with E-state index in [-0.39, 0.29) is 0 Å². The summed E-state index contributed by atoms with van der Waals surface area (Å²) in [7, 11) is 0. The van der Waals surface area contributed by atoms with Crippen LogP contribution in [-0.2, 0) is 25.9 Å². The van der Waals surface area contributed by atoms with Gasteiger partial charge in [-0.15, -0.1) is 11.3 Å². The van der Waals surface area contributed by atoms with Gasteiger partial charge in [-0.2, -0.15) is 5.26 Å². The second-order valence-corrected chi connectivity index (χ2v) is 5.93. The summed E-state index contributed by atoms with van der Waals surface area (Å²) in [5, 5.41) is 9.70. The first-order chi connectivity index (χ1) is 9.35. The van der Waals surface area contributed by atoms with E-state index in [1.807, 2.05) is 0 Å². The predicted octanol–water partition coefficient (Wildman–Crippen LogP) is 2.77. The van der Waals surface area contributed by atoms with Crippen LogP contribution >= 0.6 is 11.3 Å². The summed E-state index contributed by atoms with van der Waals surface area (Å²) in [4.78, 5) is 8.34. The van der Waals surface area contributed by atoms with Crippen LogP contribution in [0.2, 0.25) is 0 Å². The zero-order valence-corrected chi connectivity index (χ0v) is 11.5. The van der Waals surface area contributed by atoms with E-state index in [0.717, 1.165) is 31.1 Å². The average molecular weight is 269 g/mol. The highest BCUT2D eigenvalue weighted by Crippen LogP contribution is 2.26. The van der Waals surface area contributed by atoms with Gasteiger partial charge in [0.25, 0.3) is 0 Å². The Labute approximate surface area is 117 Å². The highest BCUT2D eigenvalue weighted by molar-refractivity contribution is 7.11. The van der Waals surface area contributed by atoms with Crippen LogP contribution in [0.1, 0.15) is 21.1 Å². The third-order valence-corrected chi connectivity index (χ3v) is 4.42. The molecule has 0 saturated heterocycles. The van der Waals surface area contributed by atoms with Crippen LogP contribution < -0.4 is 0 Å². The second-order valence-electron chi connectivity index (χ2n) is 4.76. The number of nitriles is 1. The number of hydrogen-bond acceptors (Lipinski definition) is 4. The summed E-state index contributed by atoms with van der Waals surface area (Å²) in [6.07, 6.45) is 1.44. The minimum Gasteiger partial charge on any atom is -0.294 e. The highest BCUT2D eigenvalue weighted by Gasteiger charge is 2.20. The lowest BCUT2D eigenvalue weighted by Gasteiger charge is -2.25. The maximum absolute atomic E-state index is 8.73. The van der Waals surface area contributed by atoms with Gasteiger partial charge in [-0.25, -0.2) is 4.98 Å². The summed E-state index contributed by atoms with van der Waals surface area (Å²) < 4.78 is 0. The predicted molar refractivity (Wildman–Crippen MR) is 75.7 cm³/mol. The van der Waals surface area contributed by atoms with Crippen LogP contribution in [-0.4, -0.2) is 16.4 Å². The summed E-state index contributed by atoms with van der Waals surface area (Å²) in [5.74, 6) is 0. The maximum Gasteiger partial charge on any atom is 0.107 e. The first-order valence-electron chi connectivity index (χ1n) is 6.46. The van der Waals surface area contributed by atoms with E-state index in [0.29, 0.717) is 6.42 Å². The minimum absolute atomic E-state index is 0.441. The Kier molecular flexibility index (Phi) is 3.58. The number of nitrogens with zero attached hydrogens (tertiary/aromatic N) is 3. The van der Waals surface area contributed by atoms with E-state index in [9.17, 15) is 0 Å². The Morgan fingerprint density at radius 1 is 1.32 bits per heavy atom. The largest absolute Gasteiger partial charge is 0.294 e. The van der Waals surface area contributed by atoms with Crippen LogP contribution in [0.5, 0.6) is 0 Å². The quantitative estimate of drug-likeness (QED) is 0.860. The Bertz CT molecular complexity index is 598. The van der Waals surface area contributed by atoms with E-state index in [1.165, 1.54) is 16.1 Å². The third kappa shape index (κ3) is 2.83. The molecule has 96 valence electrons. The van der Waals surface area contributed by atoms with Crippen molar-refractivity contribution in [1.29, 1.82) is 5.26 Å². The van der Waals surface area contributed by atoms with Gasteiger partial charge in [0.1, 0.15) is 5.01 Å². The topological polar surface area (TPSA) is 39.9 Å². The van der Waals surface area contributed by atoms with Gasteiger partial charge in [-0.3, -0.25) is 4.90 Å². The number of aromatic nitrogens is 1. The third-order valence-electron chi connectivity index (χ3n) is 3.33. The van der Waals surface area contributed by atoms with Crippen LogP contribution in [0.15, 0.2) is 30.3 Å². The number of thiazole rings is 1. The first-order valence-corrected chi connectivity index (χ1v) is 7.27.